The summed E-state index contributed by atoms with van der Waals surface area (Å²) in [6.45, 7) is 0.847. The molecule has 0 bridgehead atoms. The molecule has 1 heterocycles. The smallest absolute Gasteiger partial charge is 0.248 e. The van der Waals surface area contributed by atoms with Crippen LogP contribution in [0.3, 0.4) is 0 Å². The lowest BCUT2D eigenvalue weighted by atomic mass is 9.95. The quantitative estimate of drug-likeness (QED) is 0.905. The summed E-state index contributed by atoms with van der Waals surface area (Å²) >= 11 is 0. The molecular weight excluding hydrogens is 271 g/mol. The SMILES string of the molecule is O=C1CCN(Cc2ccc(F)cc2)C(=O)C2(CCCC2)N1. The van der Waals surface area contributed by atoms with E-state index in [2.05, 4.69) is 5.32 Å². The molecule has 5 heteroatoms. The third kappa shape index (κ3) is 2.77. The van der Waals surface area contributed by atoms with Crippen molar-refractivity contribution in [3.63, 3.8) is 0 Å². The molecule has 1 aliphatic carbocycles. The van der Waals surface area contributed by atoms with Gasteiger partial charge in [-0.15, -0.1) is 0 Å². The van der Waals surface area contributed by atoms with E-state index in [1.807, 2.05) is 0 Å². The van der Waals surface area contributed by atoms with Crippen molar-refractivity contribution < 1.29 is 14.0 Å². The molecule has 1 saturated carbocycles. The van der Waals surface area contributed by atoms with Crippen molar-refractivity contribution in [1.82, 2.24) is 10.2 Å². The number of amides is 2. The van der Waals surface area contributed by atoms with Crippen molar-refractivity contribution in [2.24, 2.45) is 0 Å². The molecule has 21 heavy (non-hydrogen) atoms. The zero-order chi connectivity index (χ0) is 14.9. The summed E-state index contributed by atoms with van der Waals surface area (Å²) in [7, 11) is 0. The highest BCUT2D eigenvalue weighted by atomic mass is 19.1. The first-order valence-corrected chi connectivity index (χ1v) is 7.44. The fourth-order valence-corrected chi connectivity index (χ4v) is 3.30. The van der Waals surface area contributed by atoms with Gasteiger partial charge in [0.1, 0.15) is 11.4 Å². The van der Waals surface area contributed by atoms with Crippen LogP contribution in [0.1, 0.15) is 37.7 Å². The molecule has 0 radical (unpaired) electrons. The maximum absolute atomic E-state index is 13.0. The van der Waals surface area contributed by atoms with Gasteiger partial charge in [0.25, 0.3) is 0 Å². The summed E-state index contributed by atoms with van der Waals surface area (Å²) in [5.74, 6) is -0.327. The van der Waals surface area contributed by atoms with E-state index in [-0.39, 0.29) is 17.6 Å². The van der Waals surface area contributed by atoms with Crippen molar-refractivity contribution in [3.05, 3.63) is 35.6 Å². The first-order valence-electron chi connectivity index (χ1n) is 7.44. The van der Waals surface area contributed by atoms with Gasteiger partial charge >= 0.3 is 0 Å². The number of rotatable bonds is 2. The molecule has 3 rings (SSSR count). The van der Waals surface area contributed by atoms with Crippen molar-refractivity contribution in [2.75, 3.05) is 6.54 Å². The number of nitrogens with one attached hydrogen (secondary N) is 1. The minimum Gasteiger partial charge on any atom is -0.342 e. The Balaban J connectivity index is 1.81. The summed E-state index contributed by atoms with van der Waals surface area (Å²) in [5, 5.41) is 2.94. The molecule has 4 nitrogen and oxygen atoms in total. The number of hydrogen-bond donors (Lipinski definition) is 1. The molecule has 1 aromatic rings. The van der Waals surface area contributed by atoms with E-state index in [4.69, 9.17) is 0 Å². The lowest BCUT2D eigenvalue weighted by molar-refractivity contribution is -0.139. The molecule has 1 saturated heterocycles. The maximum Gasteiger partial charge on any atom is 0.248 e. The predicted molar refractivity (Wildman–Crippen MR) is 75.8 cm³/mol. The lowest BCUT2D eigenvalue weighted by Gasteiger charge is -2.31. The molecule has 0 aromatic heterocycles. The van der Waals surface area contributed by atoms with Crippen LogP contribution in [0, 0.1) is 5.82 Å². The Bertz CT molecular complexity index is 550. The van der Waals surface area contributed by atoms with E-state index in [9.17, 15) is 14.0 Å². The normalized spacial score (nSPS) is 21.5. The average Bonchev–Trinajstić information content (AvgIpc) is 2.90. The zero-order valence-corrected chi connectivity index (χ0v) is 11.9. The summed E-state index contributed by atoms with van der Waals surface area (Å²) in [6, 6.07) is 6.16. The van der Waals surface area contributed by atoms with Crippen LogP contribution in [-0.2, 0) is 16.1 Å². The van der Waals surface area contributed by atoms with Crippen LogP contribution in [-0.4, -0.2) is 28.8 Å². The van der Waals surface area contributed by atoms with Crippen molar-refractivity contribution in [1.29, 1.82) is 0 Å². The van der Waals surface area contributed by atoms with E-state index in [0.717, 1.165) is 31.2 Å². The summed E-state index contributed by atoms with van der Waals surface area (Å²) in [5.41, 5.74) is 0.181. The largest absolute Gasteiger partial charge is 0.342 e. The highest BCUT2D eigenvalue weighted by molar-refractivity contribution is 5.93. The van der Waals surface area contributed by atoms with Crippen LogP contribution in [0.2, 0.25) is 0 Å². The Kier molecular flexibility index (Phi) is 3.66. The van der Waals surface area contributed by atoms with Crippen LogP contribution in [0.25, 0.3) is 0 Å². The van der Waals surface area contributed by atoms with E-state index < -0.39 is 5.54 Å². The van der Waals surface area contributed by atoms with Gasteiger partial charge in [0.05, 0.1) is 0 Å². The number of carbonyl (C=O) groups is 2. The molecule has 1 aliphatic heterocycles. The second-order valence-corrected chi connectivity index (χ2v) is 5.94. The first-order chi connectivity index (χ1) is 10.1. The monoisotopic (exact) mass is 290 g/mol. The van der Waals surface area contributed by atoms with Crippen LogP contribution in [0.15, 0.2) is 24.3 Å². The Morgan fingerprint density at radius 3 is 2.48 bits per heavy atom. The van der Waals surface area contributed by atoms with Gasteiger partial charge in [-0.25, -0.2) is 4.39 Å². The highest BCUT2D eigenvalue weighted by Gasteiger charge is 2.46. The molecule has 2 aliphatic rings. The molecule has 0 unspecified atom stereocenters. The number of carbonyl (C=O) groups excluding carboxylic acids is 2. The van der Waals surface area contributed by atoms with Gasteiger partial charge in [0, 0.05) is 19.5 Å². The summed E-state index contributed by atoms with van der Waals surface area (Å²) in [4.78, 5) is 26.4. The average molecular weight is 290 g/mol. The van der Waals surface area contributed by atoms with Crippen LogP contribution >= 0.6 is 0 Å². The summed E-state index contributed by atoms with van der Waals surface area (Å²) < 4.78 is 13.0. The Morgan fingerprint density at radius 1 is 1.14 bits per heavy atom. The van der Waals surface area contributed by atoms with Crippen molar-refractivity contribution >= 4 is 11.8 Å². The highest BCUT2D eigenvalue weighted by Crippen LogP contribution is 2.33. The molecule has 1 N–H and O–H groups in total. The van der Waals surface area contributed by atoms with Crippen LogP contribution in [0.4, 0.5) is 4.39 Å². The van der Waals surface area contributed by atoms with Gasteiger partial charge in [-0.2, -0.15) is 0 Å². The molecule has 112 valence electrons. The minimum absolute atomic E-state index is 0.00942. The Morgan fingerprint density at radius 2 is 1.81 bits per heavy atom. The van der Waals surface area contributed by atoms with E-state index in [1.54, 1.807) is 17.0 Å². The molecule has 2 fully saturated rings. The maximum atomic E-state index is 13.0. The molecular formula is C16H19FN2O2. The Hall–Kier alpha value is -1.91. The summed E-state index contributed by atoms with van der Waals surface area (Å²) in [6.07, 6.45) is 3.70. The van der Waals surface area contributed by atoms with Crippen LogP contribution in [0.5, 0.6) is 0 Å². The standard InChI is InChI=1S/C16H19FN2O2/c17-13-5-3-12(4-6-13)11-19-10-7-14(20)18-16(15(19)21)8-1-2-9-16/h3-6H,1-2,7-11H2,(H,18,20). The van der Waals surface area contributed by atoms with Crippen molar-refractivity contribution in [2.45, 2.75) is 44.2 Å². The third-order valence-corrected chi connectivity index (χ3v) is 4.43. The van der Waals surface area contributed by atoms with Crippen LogP contribution < -0.4 is 5.32 Å². The third-order valence-electron chi connectivity index (χ3n) is 4.43. The van der Waals surface area contributed by atoms with E-state index in [1.165, 1.54) is 12.1 Å². The lowest BCUT2D eigenvalue weighted by Crippen LogP contribution is -2.55. The van der Waals surface area contributed by atoms with E-state index >= 15 is 0 Å². The molecule has 2 amide bonds. The van der Waals surface area contributed by atoms with Gasteiger partial charge in [0.15, 0.2) is 0 Å². The van der Waals surface area contributed by atoms with Gasteiger partial charge in [-0.3, -0.25) is 9.59 Å². The van der Waals surface area contributed by atoms with Crippen molar-refractivity contribution in [3.8, 4) is 0 Å². The van der Waals surface area contributed by atoms with Gasteiger partial charge in [-0.05, 0) is 30.5 Å². The fraction of sp³-hybridized carbons (Fsp3) is 0.500. The van der Waals surface area contributed by atoms with Gasteiger partial charge < -0.3 is 10.2 Å². The minimum atomic E-state index is -0.701. The number of hydrogen-bond acceptors (Lipinski definition) is 2. The molecule has 1 spiro atoms. The second-order valence-electron chi connectivity index (χ2n) is 5.94. The number of benzene rings is 1. The zero-order valence-electron chi connectivity index (χ0n) is 11.9. The fourth-order valence-electron chi connectivity index (χ4n) is 3.30. The molecule has 1 aromatic carbocycles. The predicted octanol–water partition coefficient (Wildman–Crippen LogP) is 1.99. The topological polar surface area (TPSA) is 49.4 Å². The first kappa shape index (κ1) is 14.0. The number of nitrogens with zero attached hydrogens (tertiary/aromatic N) is 1. The van der Waals surface area contributed by atoms with Gasteiger partial charge in [-0.1, -0.05) is 25.0 Å². The number of halogens is 1. The van der Waals surface area contributed by atoms with Gasteiger partial charge in [0.2, 0.25) is 11.8 Å². The second kappa shape index (κ2) is 5.47. The molecule has 0 atom stereocenters. The Labute approximate surface area is 123 Å². The van der Waals surface area contributed by atoms with E-state index in [0.29, 0.717) is 19.5 Å².